The quantitative estimate of drug-likeness (QED) is 0.795. The molecule has 0 fully saturated rings. The second kappa shape index (κ2) is 4.01. The topological polar surface area (TPSA) is 25.2 Å². The minimum absolute atomic E-state index is 0.170. The third kappa shape index (κ3) is 1.96. The predicted octanol–water partition coefficient (Wildman–Crippen LogP) is 3.25. The zero-order valence-electron chi connectivity index (χ0n) is 8.03. The van der Waals surface area contributed by atoms with Crippen molar-refractivity contribution in [3.63, 3.8) is 0 Å². The van der Waals surface area contributed by atoms with E-state index in [1.807, 2.05) is 36.4 Å². The van der Waals surface area contributed by atoms with Gasteiger partial charge in [-0.25, -0.2) is 0 Å². The van der Waals surface area contributed by atoms with E-state index in [-0.39, 0.29) is 6.04 Å². The molecule has 2 rings (SSSR count). The maximum absolute atomic E-state index is 5.29. The second-order valence-corrected chi connectivity index (χ2v) is 3.16. The smallest absolute Gasteiger partial charge is 0.125 e. The van der Waals surface area contributed by atoms with Crippen molar-refractivity contribution in [3.05, 3.63) is 54.5 Å². The van der Waals surface area contributed by atoms with E-state index in [0.29, 0.717) is 0 Å². The summed E-state index contributed by atoms with van der Waals surface area (Å²) in [6, 6.07) is 14.9. The summed E-state index contributed by atoms with van der Waals surface area (Å²) in [5.74, 6) is 0.933. The highest BCUT2D eigenvalue weighted by Crippen LogP contribution is 2.18. The van der Waals surface area contributed by atoms with E-state index in [2.05, 4.69) is 18.3 Å². The number of anilines is 1. The fraction of sp³-hybridized carbons (Fsp3) is 0.167. The lowest BCUT2D eigenvalue weighted by atomic mass is 10.2. The molecule has 0 aliphatic heterocycles. The number of benzene rings is 1. The molecule has 0 aliphatic carbocycles. The molecule has 2 heteroatoms. The van der Waals surface area contributed by atoms with Crippen LogP contribution in [-0.4, -0.2) is 0 Å². The first-order valence-electron chi connectivity index (χ1n) is 4.63. The molecule has 0 spiro atoms. The van der Waals surface area contributed by atoms with Crippen LogP contribution in [0, 0.1) is 6.07 Å². The highest BCUT2D eigenvalue weighted by atomic mass is 16.3. The summed E-state index contributed by atoms with van der Waals surface area (Å²) in [5.41, 5.74) is 0.983. The van der Waals surface area contributed by atoms with Crippen LogP contribution < -0.4 is 5.32 Å². The average molecular weight is 186 g/mol. The van der Waals surface area contributed by atoms with E-state index in [1.165, 1.54) is 0 Å². The fourth-order valence-electron chi connectivity index (χ4n) is 1.33. The zero-order valence-corrected chi connectivity index (χ0v) is 8.03. The van der Waals surface area contributed by atoms with Crippen LogP contribution in [0.5, 0.6) is 0 Å². The van der Waals surface area contributed by atoms with Gasteiger partial charge in [0, 0.05) is 11.8 Å². The van der Waals surface area contributed by atoms with Crippen molar-refractivity contribution in [1.82, 2.24) is 0 Å². The van der Waals surface area contributed by atoms with Crippen LogP contribution >= 0.6 is 0 Å². The van der Waals surface area contributed by atoms with Crippen LogP contribution in [0.1, 0.15) is 18.7 Å². The molecule has 1 aromatic heterocycles. The van der Waals surface area contributed by atoms with Gasteiger partial charge in [0.2, 0.25) is 0 Å². The predicted molar refractivity (Wildman–Crippen MR) is 56.0 cm³/mol. The Morgan fingerprint density at radius 3 is 2.86 bits per heavy atom. The van der Waals surface area contributed by atoms with Gasteiger partial charge in [-0.1, -0.05) is 18.2 Å². The first-order chi connectivity index (χ1) is 6.86. The van der Waals surface area contributed by atoms with Gasteiger partial charge in [0.1, 0.15) is 5.76 Å². The molecular weight excluding hydrogens is 174 g/mol. The van der Waals surface area contributed by atoms with Crippen molar-refractivity contribution in [3.8, 4) is 0 Å². The molecule has 2 nitrogen and oxygen atoms in total. The first kappa shape index (κ1) is 8.88. The Balaban J connectivity index is 2.06. The minimum Gasteiger partial charge on any atom is -0.467 e. The minimum atomic E-state index is 0.170. The van der Waals surface area contributed by atoms with Gasteiger partial charge in [0.25, 0.3) is 0 Å². The maximum Gasteiger partial charge on any atom is 0.125 e. The molecule has 0 bridgehead atoms. The lowest BCUT2D eigenvalue weighted by Crippen LogP contribution is -2.05. The maximum atomic E-state index is 5.29. The van der Waals surface area contributed by atoms with Gasteiger partial charge in [-0.2, -0.15) is 0 Å². The molecule has 2 aromatic rings. The summed E-state index contributed by atoms with van der Waals surface area (Å²) in [6.07, 6.45) is 1.68. The Morgan fingerprint density at radius 1 is 1.29 bits per heavy atom. The van der Waals surface area contributed by atoms with Crippen LogP contribution in [0.15, 0.2) is 47.1 Å². The SMILES string of the molecule is CC(Nc1[c]cccc1)c1ccco1. The van der Waals surface area contributed by atoms with Crippen molar-refractivity contribution in [1.29, 1.82) is 0 Å². The molecule has 1 radical (unpaired) electrons. The molecule has 0 saturated carbocycles. The molecular formula is C12H12NO. The third-order valence-electron chi connectivity index (χ3n) is 2.05. The summed E-state index contributed by atoms with van der Waals surface area (Å²) in [4.78, 5) is 0. The van der Waals surface area contributed by atoms with Crippen LogP contribution in [0.2, 0.25) is 0 Å². The van der Waals surface area contributed by atoms with Gasteiger partial charge in [-0.15, -0.1) is 0 Å². The molecule has 0 amide bonds. The van der Waals surface area contributed by atoms with E-state index in [4.69, 9.17) is 4.42 Å². The lowest BCUT2D eigenvalue weighted by molar-refractivity contribution is 0.490. The Morgan fingerprint density at radius 2 is 2.21 bits per heavy atom. The van der Waals surface area contributed by atoms with Crippen LogP contribution in [0.25, 0.3) is 0 Å². The Bertz CT molecular complexity index is 366. The molecule has 1 N–H and O–H groups in total. The van der Waals surface area contributed by atoms with Crippen molar-refractivity contribution in [2.75, 3.05) is 5.32 Å². The summed E-state index contributed by atoms with van der Waals surface area (Å²) in [6.45, 7) is 2.06. The van der Waals surface area contributed by atoms with E-state index in [0.717, 1.165) is 11.4 Å². The molecule has 0 aliphatic rings. The number of hydrogen-bond acceptors (Lipinski definition) is 2. The number of para-hydroxylation sites is 1. The third-order valence-corrected chi connectivity index (χ3v) is 2.05. The molecule has 0 saturated heterocycles. The Labute approximate surface area is 83.6 Å². The van der Waals surface area contributed by atoms with E-state index < -0.39 is 0 Å². The summed E-state index contributed by atoms with van der Waals surface area (Å²) in [7, 11) is 0. The average Bonchev–Trinajstić information content (AvgIpc) is 2.72. The van der Waals surface area contributed by atoms with Gasteiger partial charge in [0.05, 0.1) is 12.3 Å². The molecule has 71 valence electrons. The number of nitrogens with one attached hydrogen (secondary N) is 1. The van der Waals surface area contributed by atoms with E-state index in [1.54, 1.807) is 6.26 Å². The van der Waals surface area contributed by atoms with Crippen molar-refractivity contribution in [2.45, 2.75) is 13.0 Å². The largest absolute Gasteiger partial charge is 0.467 e. The van der Waals surface area contributed by atoms with Gasteiger partial charge in [-0.05, 0) is 25.1 Å². The molecule has 1 atom stereocenters. The van der Waals surface area contributed by atoms with Gasteiger partial charge >= 0.3 is 0 Å². The Kier molecular flexibility index (Phi) is 2.54. The summed E-state index contributed by atoms with van der Waals surface area (Å²) < 4.78 is 5.29. The second-order valence-electron chi connectivity index (χ2n) is 3.16. The standard InChI is InChI=1S/C12H12NO/c1-10(12-8-5-9-14-12)13-11-6-3-2-4-7-11/h2-6,8-10,13H,1H3. The number of hydrogen-bond donors (Lipinski definition) is 1. The molecule has 14 heavy (non-hydrogen) atoms. The fourth-order valence-corrected chi connectivity index (χ4v) is 1.33. The molecule has 1 heterocycles. The first-order valence-corrected chi connectivity index (χ1v) is 4.63. The van der Waals surface area contributed by atoms with Crippen LogP contribution in [-0.2, 0) is 0 Å². The van der Waals surface area contributed by atoms with Crippen molar-refractivity contribution in [2.24, 2.45) is 0 Å². The lowest BCUT2D eigenvalue weighted by Gasteiger charge is -2.11. The summed E-state index contributed by atoms with van der Waals surface area (Å²) in [5, 5.41) is 3.29. The van der Waals surface area contributed by atoms with Gasteiger partial charge in [0.15, 0.2) is 0 Å². The zero-order chi connectivity index (χ0) is 9.80. The van der Waals surface area contributed by atoms with E-state index >= 15 is 0 Å². The Hall–Kier alpha value is -1.70. The normalized spacial score (nSPS) is 12.4. The molecule has 1 unspecified atom stereocenters. The van der Waals surface area contributed by atoms with Crippen LogP contribution in [0.3, 0.4) is 0 Å². The highest BCUT2D eigenvalue weighted by molar-refractivity contribution is 5.42. The van der Waals surface area contributed by atoms with Crippen LogP contribution in [0.4, 0.5) is 5.69 Å². The van der Waals surface area contributed by atoms with Gasteiger partial charge < -0.3 is 9.73 Å². The van der Waals surface area contributed by atoms with Gasteiger partial charge in [-0.3, -0.25) is 0 Å². The number of furan rings is 1. The highest BCUT2D eigenvalue weighted by Gasteiger charge is 2.06. The molecule has 1 aromatic carbocycles. The van der Waals surface area contributed by atoms with Crippen molar-refractivity contribution < 1.29 is 4.42 Å². The van der Waals surface area contributed by atoms with E-state index in [9.17, 15) is 0 Å². The monoisotopic (exact) mass is 186 g/mol. The number of rotatable bonds is 3. The van der Waals surface area contributed by atoms with Crippen molar-refractivity contribution >= 4 is 5.69 Å². The summed E-state index contributed by atoms with van der Waals surface area (Å²) >= 11 is 0.